The van der Waals surface area contributed by atoms with E-state index in [0.717, 1.165) is 0 Å². The van der Waals surface area contributed by atoms with Gasteiger partial charge in [-0.15, -0.1) is 0 Å². The smallest absolute Gasteiger partial charge is 0.270 e. The molecule has 0 atom stereocenters. The zero-order valence-corrected chi connectivity index (χ0v) is 15.6. The molecular weight excluding hydrogens is 349 g/mol. The average molecular weight is 371 g/mol. The van der Waals surface area contributed by atoms with E-state index in [4.69, 9.17) is 0 Å². The number of Topliss-reactive ketones (excluding diaryl/α,β-unsaturated/α-hetero) is 1. The Morgan fingerprint density at radius 3 is 1.93 bits per heavy atom. The van der Waals surface area contributed by atoms with Gasteiger partial charge in [0.15, 0.2) is 5.78 Å². The van der Waals surface area contributed by atoms with E-state index >= 15 is 0 Å². The third-order valence-corrected chi connectivity index (χ3v) is 4.95. The average Bonchev–Trinajstić information content (AvgIpc) is 2.95. The van der Waals surface area contributed by atoms with Crippen LogP contribution >= 0.6 is 0 Å². The largest absolute Gasteiger partial charge is 0.354 e. The number of benzene rings is 1. The topological polar surface area (TPSA) is 73.5 Å². The molecule has 142 valence electrons. The number of carbonyl (C=O) groups is 3. The van der Waals surface area contributed by atoms with Crippen molar-refractivity contribution in [3.8, 4) is 0 Å². The van der Waals surface area contributed by atoms with Crippen LogP contribution in [0.25, 0.3) is 0 Å². The van der Waals surface area contributed by atoms with E-state index in [2.05, 4.69) is 4.98 Å². The van der Waals surface area contributed by atoms with E-state index in [1.54, 1.807) is 23.6 Å². The van der Waals surface area contributed by atoms with Crippen molar-refractivity contribution in [2.75, 3.05) is 26.2 Å². The van der Waals surface area contributed by atoms with E-state index in [9.17, 15) is 18.8 Å². The lowest BCUT2D eigenvalue weighted by atomic mass is 10.1. The lowest BCUT2D eigenvalue weighted by molar-refractivity contribution is 0.0532. The summed E-state index contributed by atoms with van der Waals surface area (Å²) in [6.45, 7) is 6.64. The van der Waals surface area contributed by atoms with Crippen molar-refractivity contribution in [2.24, 2.45) is 0 Å². The summed E-state index contributed by atoms with van der Waals surface area (Å²) < 4.78 is 13.0. The Balaban J connectivity index is 1.68. The van der Waals surface area contributed by atoms with E-state index in [-0.39, 0.29) is 23.4 Å². The molecule has 1 aliphatic rings. The van der Waals surface area contributed by atoms with Crippen LogP contribution in [0.3, 0.4) is 0 Å². The van der Waals surface area contributed by atoms with E-state index in [1.165, 1.54) is 31.2 Å². The number of aromatic amines is 1. The maximum Gasteiger partial charge on any atom is 0.270 e. The van der Waals surface area contributed by atoms with Gasteiger partial charge in [0.05, 0.1) is 0 Å². The summed E-state index contributed by atoms with van der Waals surface area (Å²) >= 11 is 0. The number of amides is 2. The van der Waals surface area contributed by atoms with Crippen LogP contribution < -0.4 is 0 Å². The van der Waals surface area contributed by atoms with Gasteiger partial charge in [0.2, 0.25) is 0 Å². The molecule has 0 aliphatic carbocycles. The third kappa shape index (κ3) is 3.63. The number of rotatable bonds is 3. The normalized spacial score (nSPS) is 14.4. The van der Waals surface area contributed by atoms with E-state index in [0.29, 0.717) is 54.3 Å². The molecule has 1 fully saturated rings. The highest BCUT2D eigenvalue weighted by atomic mass is 19.1. The highest BCUT2D eigenvalue weighted by Gasteiger charge is 2.28. The van der Waals surface area contributed by atoms with Gasteiger partial charge in [0, 0.05) is 43.0 Å². The van der Waals surface area contributed by atoms with Crippen molar-refractivity contribution in [3.63, 3.8) is 0 Å². The van der Waals surface area contributed by atoms with Crippen LogP contribution in [0.2, 0.25) is 0 Å². The van der Waals surface area contributed by atoms with Gasteiger partial charge in [0.25, 0.3) is 11.8 Å². The first-order chi connectivity index (χ1) is 12.8. The quantitative estimate of drug-likeness (QED) is 0.843. The highest BCUT2D eigenvalue weighted by Crippen LogP contribution is 2.21. The Labute approximate surface area is 157 Å². The molecule has 2 amide bonds. The number of halogens is 1. The Kier molecular flexibility index (Phi) is 5.12. The van der Waals surface area contributed by atoms with Crippen molar-refractivity contribution in [3.05, 3.63) is 58.2 Å². The fourth-order valence-corrected chi connectivity index (χ4v) is 3.54. The molecule has 0 spiro atoms. The molecule has 7 heteroatoms. The number of H-pyrrole nitrogens is 1. The van der Waals surface area contributed by atoms with Crippen molar-refractivity contribution in [1.29, 1.82) is 0 Å². The zero-order valence-electron chi connectivity index (χ0n) is 15.6. The molecule has 6 nitrogen and oxygen atoms in total. The van der Waals surface area contributed by atoms with Crippen LogP contribution in [0.4, 0.5) is 4.39 Å². The van der Waals surface area contributed by atoms with E-state index in [1.807, 2.05) is 0 Å². The maximum atomic E-state index is 13.0. The summed E-state index contributed by atoms with van der Waals surface area (Å²) in [6.07, 6.45) is 0. The van der Waals surface area contributed by atoms with Gasteiger partial charge in [-0.25, -0.2) is 4.39 Å². The van der Waals surface area contributed by atoms with Crippen LogP contribution in [0.5, 0.6) is 0 Å². The molecule has 1 aromatic carbocycles. The van der Waals surface area contributed by atoms with Crippen LogP contribution in [0.15, 0.2) is 24.3 Å². The van der Waals surface area contributed by atoms with Crippen molar-refractivity contribution in [1.82, 2.24) is 14.8 Å². The van der Waals surface area contributed by atoms with Crippen molar-refractivity contribution >= 4 is 17.6 Å². The van der Waals surface area contributed by atoms with Crippen molar-refractivity contribution in [2.45, 2.75) is 20.8 Å². The molecular formula is C20H22FN3O3. The first-order valence-electron chi connectivity index (χ1n) is 8.83. The number of nitrogens with zero attached hydrogens (tertiary/aromatic N) is 2. The molecule has 1 aliphatic heterocycles. The SMILES string of the molecule is CC(=O)c1c(C)[nH]c(C(=O)N2CCN(C(=O)c3ccc(F)cc3)CC2)c1C. The van der Waals surface area contributed by atoms with Gasteiger partial charge < -0.3 is 14.8 Å². The highest BCUT2D eigenvalue weighted by molar-refractivity contribution is 6.02. The number of piperazine rings is 1. The Bertz CT molecular complexity index is 894. The fraction of sp³-hybridized carbons (Fsp3) is 0.350. The Hall–Kier alpha value is -2.96. The number of nitrogens with one attached hydrogen (secondary N) is 1. The molecule has 3 rings (SSSR count). The number of ketones is 1. The molecule has 1 saturated heterocycles. The van der Waals surface area contributed by atoms with Gasteiger partial charge in [-0.2, -0.15) is 0 Å². The molecule has 1 aromatic heterocycles. The monoisotopic (exact) mass is 371 g/mol. The number of carbonyl (C=O) groups excluding carboxylic acids is 3. The summed E-state index contributed by atoms with van der Waals surface area (Å²) in [7, 11) is 0. The van der Waals surface area contributed by atoms with Gasteiger partial charge >= 0.3 is 0 Å². The first kappa shape index (κ1) is 18.8. The third-order valence-electron chi connectivity index (χ3n) is 4.95. The van der Waals surface area contributed by atoms with Gasteiger partial charge in [-0.05, 0) is 50.6 Å². The minimum absolute atomic E-state index is 0.0741. The van der Waals surface area contributed by atoms with E-state index < -0.39 is 0 Å². The predicted octanol–water partition coefficient (Wildman–Crippen LogP) is 2.57. The Morgan fingerprint density at radius 2 is 1.44 bits per heavy atom. The van der Waals surface area contributed by atoms with Gasteiger partial charge in [-0.1, -0.05) is 0 Å². The number of hydrogen-bond donors (Lipinski definition) is 1. The van der Waals surface area contributed by atoms with Gasteiger partial charge in [-0.3, -0.25) is 14.4 Å². The Morgan fingerprint density at radius 1 is 0.926 bits per heavy atom. The van der Waals surface area contributed by atoms with Crippen LogP contribution in [0, 0.1) is 19.7 Å². The van der Waals surface area contributed by atoms with Crippen LogP contribution in [-0.4, -0.2) is 58.6 Å². The summed E-state index contributed by atoms with van der Waals surface area (Å²) in [5.74, 6) is -0.802. The fourth-order valence-electron chi connectivity index (χ4n) is 3.54. The molecule has 2 aromatic rings. The van der Waals surface area contributed by atoms with Gasteiger partial charge in [0.1, 0.15) is 11.5 Å². The summed E-state index contributed by atoms with van der Waals surface area (Å²) in [6, 6.07) is 5.44. The van der Waals surface area contributed by atoms with Crippen LogP contribution in [0.1, 0.15) is 49.4 Å². The second-order valence-corrected chi connectivity index (χ2v) is 6.77. The molecule has 0 saturated carbocycles. The molecule has 27 heavy (non-hydrogen) atoms. The summed E-state index contributed by atoms with van der Waals surface area (Å²) in [4.78, 5) is 43.4. The maximum absolute atomic E-state index is 13.0. The standard InChI is InChI=1S/C20H22FN3O3/c1-12-17(14(3)25)13(2)22-18(12)20(27)24-10-8-23(9-11-24)19(26)15-4-6-16(21)7-5-15/h4-7,22H,8-11H2,1-3H3. The predicted molar refractivity (Wildman–Crippen MR) is 98.5 cm³/mol. The molecule has 0 unspecified atom stereocenters. The molecule has 0 radical (unpaired) electrons. The number of aryl methyl sites for hydroxylation is 1. The minimum atomic E-state index is -0.386. The lowest BCUT2D eigenvalue weighted by Gasteiger charge is -2.34. The summed E-state index contributed by atoms with van der Waals surface area (Å²) in [5.41, 5.74) is 2.76. The first-order valence-corrected chi connectivity index (χ1v) is 8.83. The minimum Gasteiger partial charge on any atom is -0.354 e. The second kappa shape index (κ2) is 7.34. The molecule has 2 heterocycles. The second-order valence-electron chi connectivity index (χ2n) is 6.77. The van der Waals surface area contributed by atoms with Crippen molar-refractivity contribution < 1.29 is 18.8 Å². The summed E-state index contributed by atoms with van der Waals surface area (Å²) in [5, 5.41) is 0. The zero-order chi connectivity index (χ0) is 19.7. The number of aromatic nitrogens is 1. The van der Waals surface area contributed by atoms with Crippen LogP contribution in [-0.2, 0) is 0 Å². The lowest BCUT2D eigenvalue weighted by Crippen LogP contribution is -2.50. The number of hydrogen-bond acceptors (Lipinski definition) is 3. The molecule has 1 N–H and O–H groups in total. The molecule has 0 bridgehead atoms.